The normalized spacial score (nSPS) is 12.5. The van der Waals surface area contributed by atoms with E-state index >= 15 is 0 Å². The van der Waals surface area contributed by atoms with Crippen LogP contribution in [0.15, 0.2) is 24.3 Å². The van der Waals surface area contributed by atoms with Crippen molar-refractivity contribution < 1.29 is 34.2 Å². The third kappa shape index (κ3) is 6.67. The number of nitrogens with two attached hydrogens (primary N) is 1. The minimum absolute atomic E-state index is 0.0823. The summed E-state index contributed by atoms with van der Waals surface area (Å²) in [5, 5.41) is 20.2. The van der Waals surface area contributed by atoms with Crippen molar-refractivity contribution in [2.45, 2.75) is 24.9 Å². The standard InChI is InChI=1S/C17H21N3O7S/c18-11(17(26)27)5-6-14(22)19-12(9-28)16(25)20(7-15(23)24)13-4-2-1-3-10(13)8-21/h1-4,8,11-12,28H,5-7,9,18H2,(H,19,22)(H,23,24)(H,26,27). The van der Waals surface area contributed by atoms with Crippen LogP contribution in [0.3, 0.4) is 0 Å². The number of anilines is 1. The summed E-state index contributed by atoms with van der Waals surface area (Å²) in [7, 11) is 0. The number of amides is 2. The minimum atomic E-state index is -1.31. The molecule has 0 spiro atoms. The number of carbonyl (C=O) groups is 5. The van der Waals surface area contributed by atoms with Crippen LogP contribution in [0.5, 0.6) is 0 Å². The molecule has 0 aliphatic carbocycles. The van der Waals surface area contributed by atoms with Gasteiger partial charge in [-0.15, -0.1) is 0 Å². The van der Waals surface area contributed by atoms with E-state index in [-0.39, 0.29) is 29.8 Å². The molecule has 0 heterocycles. The third-order valence-electron chi connectivity index (χ3n) is 3.73. The van der Waals surface area contributed by atoms with E-state index in [1.807, 2.05) is 0 Å². The molecule has 5 N–H and O–H groups in total. The van der Waals surface area contributed by atoms with Crippen molar-refractivity contribution in [2.75, 3.05) is 17.2 Å². The van der Waals surface area contributed by atoms with Gasteiger partial charge in [-0.2, -0.15) is 12.6 Å². The Kier molecular flexibility index (Phi) is 9.12. The number of nitrogens with zero attached hydrogens (tertiary/aromatic N) is 1. The first-order valence-corrected chi connectivity index (χ1v) is 8.80. The van der Waals surface area contributed by atoms with Crippen LogP contribution in [0.25, 0.3) is 0 Å². The summed E-state index contributed by atoms with van der Waals surface area (Å²) in [5.41, 5.74) is 5.52. The van der Waals surface area contributed by atoms with Gasteiger partial charge in [-0.1, -0.05) is 12.1 Å². The van der Waals surface area contributed by atoms with E-state index in [4.69, 9.17) is 15.9 Å². The van der Waals surface area contributed by atoms with E-state index < -0.39 is 42.4 Å². The number of benzene rings is 1. The summed E-state index contributed by atoms with van der Waals surface area (Å²) in [6, 6.07) is 3.52. The molecule has 0 saturated carbocycles. The van der Waals surface area contributed by atoms with Crippen LogP contribution in [0.2, 0.25) is 0 Å². The lowest BCUT2D eigenvalue weighted by molar-refractivity contribution is -0.139. The van der Waals surface area contributed by atoms with Gasteiger partial charge in [0.2, 0.25) is 5.91 Å². The summed E-state index contributed by atoms with van der Waals surface area (Å²) in [6.07, 6.45) is 0.107. The lowest BCUT2D eigenvalue weighted by atomic mass is 10.1. The Morgan fingerprint density at radius 2 is 1.86 bits per heavy atom. The molecule has 0 aliphatic heterocycles. The first-order valence-electron chi connectivity index (χ1n) is 8.17. The van der Waals surface area contributed by atoms with Crippen LogP contribution in [0, 0.1) is 0 Å². The fraction of sp³-hybridized carbons (Fsp3) is 0.353. The van der Waals surface area contributed by atoms with Crippen molar-refractivity contribution in [3.63, 3.8) is 0 Å². The van der Waals surface area contributed by atoms with Gasteiger partial charge in [-0.3, -0.25) is 28.9 Å². The van der Waals surface area contributed by atoms with Crippen LogP contribution in [-0.2, 0) is 19.2 Å². The number of carboxylic acids is 2. The molecule has 152 valence electrons. The number of carboxylic acid groups (broad SMARTS) is 2. The molecule has 2 atom stereocenters. The van der Waals surface area contributed by atoms with Crippen LogP contribution in [0.1, 0.15) is 23.2 Å². The molecule has 0 aliphatic rings. The Hall–Kier alpha value is -2.92. The predicted molar refractivity (Wildman–Crippen MR) is 102 cm³/mol. The van der Waals surface area contributed by atoms with Gasteiger partial charge in [-0.05, 0) is 18.6 Å². The second-order valence-electron chi connectivity index (χ2n) is 5.78. The number of carbonyl (C=O) groups excluding carboxylic acids is 3. The largest absolute Gasteiger partial charge is 0.480 e. The average molecular weight is 411 g/mol. The first kappa shape index (κ1) is 23.1. The Labute approximate surface area is 166 Å². The number of para-hydroxylation sites is 1. The fourth-order valence-corrected chi connectivity index (χ4v) is 2.55. The Morgan fingerprint density at radius 1 is 1.21 bits per heavy atom. The molecule has 28 heavy (non-hydrogen) atoms. The van der Waals surface area contributed by atoms with Crippen LogP contribution < -0.4 is 16.0 Å². The fourth-order valence-electron chi connectivity index (χ4n) is 2.30. The molecule has 2 unspecified atom stereocenters. The van der Waals surface area contributed by atoms with E-state index in [1.54, 1.807) is 6.07 Å². The maximum Gasteiger partial charge on any atom is 0.323 e. The van der Waals surface area contributed by atoms with Crippen molar-refractivity contribution in [1.29, 1.82) is 0 Å². The second kappa shape index (κ2) is 11.0. The SMILES string of the molecule is NC(CCC(=O)NC(CS)C(=O)N(CC(=O)O)c1ccccc1C=O)C(=O)O. The highest BCUT2D eigenvalue weighted by molar-refractivity contribution is 7.80. The van der Waals surface area contributed by atoms with Gasteiger partial charge in [-0.25, -0.2) is 0 Å². The highest BCUT2D eigenvalue weighted by Gasteiger charge is 2.29. The zero-order chi connectivity index (χ0) is 21.3. The van der Waals surface area contributed by atoms with Gasteiger partial charge in [0, 0.05) is 17.7 Å². The zero-order valence-corrected chi connectivity index (χ0v) is 15.7. The lowest BCUT2D eigenvalue weighted by Gasteiger charge is -2.27. The molecule has 1 aromatic rings. The topological polar surface area (TPSA) is 167 Å². The molecular weight excluding hydrogens is 390 g/mol. The molecule has 1 rings (SSSR count). The van der Waals surface area contributed by atoms with E-state index in [0.29, 0.717) is 6.29 Å². The van der Waals surface area contributed by atoms with Crippen molar-refractivity contribution in [3.8, 4) is 0 Å². The van der Waals surface area contributed by atoms with Gasteiger partial charge < -0.3 is 21.3 Å². The highest BCUT2D eigenvalue weighted by Crippen LogP contribution is 2.20. The van der Waals surface area contributed by atoms with Gasteiger partial charge in [0.1, 0.15) is 18.6 Å². The first-order chi connectivity index (χ1) is 13.2. The van der Waals surface area contributed by atoms with Gasteiger partial charge >= 0.3 is 11.9 Å². The lowest BCUT2D eigenvalue weighted by Crippen LogP contribution is -2.51. The van der Waals surface area contributed by atoms with E-state index in [9.17, 15) is 24.0 Å². The molecule has 0 radical (unpaired) electrons. The molecule has 11 heteroatoms. The third-order valence-corrected chi connectivity index (χ3v) is 4.09. The Morgan fingerprint density at radius 3 is 2.39 bits per heavy atom. The number of hydrogen-bond acceptors (Lipinski definition) is 7. The summed E-state index contributed by atoms with van der Waals surface area (Å²) in [5.74, 6) is -4.13. The average Bonchev–Trinajstić information content (AvgIpc) is 2.67. The van der Waals surface area contributed by atoms with Crippen LogP contribution in [0.4, 0.5) is 5.69 Å². The van der Waals surface area contributed by atoms with Crippen LogP contribution >= 0.6 is 12.6 Å². The van der Waals surface area contributed by atoms with Crippen molar-refractivity contribution in [3.05, 3.63) is 29.8 Å². The number of nitrogens with one attached hydrogen (secondary N) is 1. The maximum atomic E-state index is 12.8. The summed E-state index contributed by atoms with van der Waals surface area (Å²) < 4.78 is 0. The molecule has 1 aromatic carbocycles. The van der Waals surface area contributed by atoms with Gasteiger partial charge in [0.15, 0.2) is 6.29 Å². The Balaban J connectivity index is 2.98. The van der Waals surface area contributed by atoms with Gasteiger partial charge in [0.05, 0.1) is 5.69 Å². The molecule has 0 fully saturated rings. The molecule has 0 aromatic heterocycles. The molecule has 0 bridgehead atoms. The van der Waals surface area contributed by atoms with Gasteiger partial charge in [0.25, 0.3) is 5.91 Å². The van der Waals surface area contributed by atoms with Crippen LogP contribution in [-0.4, -0.2) is 64.6 Å². The summed E-state index contributed by atoms with van der Waals surface area (Å²) in [6.45, 7) is -0.728. The van der Waals surface area contributed by atoms with Crippen molar-refractivity contribution >= 4 is 48.4 Å². The predicted octanol–water partition coefficient (Wildman–Crippen LogP) is -0.477. The van der Waals surface area contributed by atoms with E-state index in [1.165, 1.54) is 18.2 Å². The van der Waals surface area contributed by atoms with Crippen molar-refractivity contribution in [1.82, 2.24) is 5.32 Å². The number of aliphatic carboxylic acids is 2. The second-order valence-corrected chi connectivity index (χ2v) is 6.15. The number of rotatable bonds is 11. The number of aldehydes is 1. The van der Waals surface area contributed by atoms with E-state index in [0.717, 1.165) is 4.90 Å². The summed E-state index contributed by atoms with van der Waals surface area (Å²) >= 11 is 4.02. The molecule has 2 amide bonds. The molecule has 10 nitrogen and oxygen atoms in total. The zero-order valence-electron chi connectivity index (χ0n) is 14.8. The minimum Gasteiger partial charge on any atom is -0.480 e. The molecular formula is C17H21N3O7S. The van der Waals surface area contributed by atoms with Crippen molar-refractivity contribution in [2.24, 2.45) is 5.73 Å². The quantitative estimate of drug-likeness (QED) is 0.240. The smallest absolute Gasteiger partial charge is 0.323 e. The highest BCUT2D eigenvalue weighted by atomic mass is 32.1. The van der Waals surface area contributed by atoms with E-state index in [2.05, 4.69) is 17.9 Å². The number of hydrogen-bond donors (Lipinski definition) is 5. The molecule has 0 saturated heterocycles. The summed E-state index contributed by atoms with van der Waals surface area (Å²) in [4.78, 5) is 58.8. The maximum absolute atomic E-state index is 12.8. The number of thiol groups is 1. The monoisotopic (exact) mass is 411 g/mol. The Bertz CT molecular complexity index is 756.